The van der Waals surface area contributed by atoms with Crippen LogP contribution >= 0.6 is 23.2 Å². The Morgan fingerprint density at radius 1 is 1.16 bits per heavy atom. The smallest absolute Gasteiger partial charge is 0.343 e. The van der Waals surface area contributed by atoms with E-state index in [0.29, 0.717) is 27.1 Å². The molecule has 0 radical (unpaired) electrons. The van der Waals surface area contributed by atoms with Gasteiger partial charge in [-0.2, -0.15) is 0 Å². The van der Waals surface area contributed by atoms with Crippen LogP contribution in [-0.4, -0.2) is 17.6 Å². The maximum atomic E-state index is 12.6. The Morgan fingerprint density at radius 3 is 2.56 bits per heavy atom. The number of benzene rings is 2. The predicted octanol–water partition coefficient (Wildman–Crippen LogP) is 4.80. The molecule has 25 heavy (non-hydrogen) atoms. The van der Waals surface area contributed by atoms with Gasteiger partial charge in [-0.25, -0.2) is 4.79 Å². The minimum absolute atomic E-state index is 0.0749. The summed E-state index contributed by atoms with van der Waals surface area (Å²) in [6.07, 6.45) is 1.32. The van der Waals surface area contributed by atoms with E-state index in [-0.39, 0.29) is 17.6 Å². The molecule has 1 aromatic heterocycles. The summed E-state index contributed by atoms with van der Waals surface area (Å²) >= 11 is 12.1. The third-order valence-electron chi connectivity index (χ3n) is 3.47. The first-order valence-corrected chi connectivity index (χ1v) is 8.20. The molecule has 3 rings (SSSR count). The van der Waals surface area contributed by atoms with Crippen LogP contribution in [0.25, 0.3) is 10.9 Å². The number of H-pyrrole nitrogens is 1. The zero-order chi connectivity index (χ0) is 18.0. The van der Waals surface area contributed by atoms with Gasteiger partial charge in [-0.3, -0.25) is 4.79 Å². The molecule has 0 unspecified atom stereocenters. The van der Waals surface area contributed by atoms with Crippen LogP contribution < -0.4 is 10.2 Å². The molecule has 0 fully saturated rings. The highest BCUT2D eigenvalue weighted by molar-refractivity contribution is 6.32. The summed E-state index contributed by atoms with van der Waals surface area (Å²) in [6.45, 7) is 1.85. The molecule has 0 spiro atoms. The number of aromatic nitrogens is 1. The maximum Gasteiger partial charge on any atom is 0.343 e. The molecule has 0 amide bonds. The van der Waals surface area contributed by atoms with Gasteiger partial charge < -0.3 is 14.5 Å². The van der Waals surface area contributed by atoms with Gasteiger partial charge in [-0.05, 0) is 43.3 Å². The highest BCUT2D eigenvalue weighted by Gasteiger charge is 2.16. The van der Waals surface area contributed by atoms with E-state index in [1.165, 1.54) is 12.3 Å². The van der Waals surface area contributed by atoms with Crippen molar-refractivity contribution in [3.63, 3.8) is 0 Å². The molecular weight excluding hydrogens is 365 g/mol. The zero-order valence-corrected chi connectivity index (χ0v) is 14.6. The normalized spacial score (nSPS) is 10.7. The van der Waals surface area contributed by atoms with E-state index in [2.05, 4.69) is 4.98 Å². The van der Waals surface area contributed by atoms with E-state index in [9.17, 15) is 9.59 Å². The van der Waals surface area contributed by atoms with Crippen molar-refractivity contribution in [1.29, 1.82) is 0 Å². The molecule has 5 nitrogen and oxygen atoms in total. The van der Waals surface area contributed by atoms with Gasteiger partial charge in [0.15, 0.2) is 0 Å². The van der Waals surface area contributed by atoms with Crippen LogP contribution in [0.5, 0.6) is 11.5 Å². The van der Waals surface area contributed by atoms with Gasteiger partial charge in [0.2, 0.25) is 5.43 Å². The molecule has 0 atom stereocenters. The number of nitrogens with one attached hydrogen (secondary N) is 1. The van der Waals surface area contributed by atoms with E-state index in [0.717, 1.165) is 0 Å². The summed E-state index contributed by atoms with van der Waals surface area (Å²) < 4.78 is 10.6. The van der Waals surface area contributed by atoms with Crippen molar-refractivity contribution in [2.45, 2.75) is 6.92 Å². The Hall–Kier alpha value is -2.50. The first-order valence-electron chi connectivity index (χ1n) is 7.45. The molecule has 1 N–H and O–H groups in total. The van der Waals surface area contributed by atoms with Gasteiger partial charge in [0.25, 0.3) is 0 Å². The summed E-state index contributed by atoms with van der Waals surface area (Å²) in [5.74, 6) is 0.132. The van der Waals surface area contributed by atoms with Crippen molar-refractivity contribution in [2.24, 2.45) is 0 Å². The summed E-state index contributed by atoms with van der Waals surface area (Å²) in [5.41, 5.74) is -0.0366. The third-order valence-corrected chi connectivity index (χ3v) is 4.02. The SMILES string of the molecule is CCOC(=O)c1c[nH]c2cc(Cl)c(Oc3ccc(Cl)cc3)cc2c1=O. The number of esters is 1. The predicted molar refractivity (Wildman–Crippen MR) is 97.1 cm³/mol. The molecule has 7 heteroatoms. The van der Waals surface area contributed by atoms with Crippen LogP contribution in [0.1, 0.15) is 17.3 Å². The largest absolute Gasteiger partial charge is 0.462 e. The number of fused-ring (bicyclic) bond motifs is 1. The molecule has 128 valence electrons. The number of ether oxygens (including phenoxy) is 2. The van der Waals surface area contributed by atoms with E-state index in [1.54, 1.807) is 37.3 Å². The van der Waals surface area contributed by atoms with E-state index >= 15 is 0 Å². The quantitative estimate of drug-likeness (QED) is 0.662. The number of carbonyl (C=O) groups is 1. The van der Waals surface area contributed by atoms with Crippen LogP contribution in [-0.2, 0) is 4.74 Å². The van der Waals surface area contributed by atoms with Crippen LogP contribution in [0.4, 0.5) is 0 Å². The van der Waals surface area contributed by atoms with Gasteiger partial charge in [-0.15, -0.1) is 0 Å². The monoisotopic (exact) mass is 377 g/mol. The van der Waals surface area contributed by atoms with Gasteiger partial charge in [-0.1, -0.05) is 23.2 Å². The first-order chi connectivity index (χ1) is 12.0. The topological polar surface area (TPSA) is 68.4 Å². The fourth-order valence-corrected chi connectivity index (χ4v) is 2.62. The average Bonchev–Trinajstić information content (AvgIpc) is 2.58. The second-order valence-corrected chi connectivity index (χ2v) is 5.98. The molecular formula is C18H13Cl2NO4. The molecule has 0 saturated carbocycles. The fraction of sp³-hybridized carbons (Fsp3) is 0.111. The van der Waals surface area contributed by atoms with E-state index in [4.69, 9.17) is 32.7 Å². The second-order valence-electron chi connectivity index (χ2n) is 5.14. The van der Waals surface area contributed by atoms with E-state index < -0.39 is 11.4 Å². The molecule has 3 aromatic rings. The van der Waals surface area contributed by atoms with Crippen molar-refractivity contribution < 1.29 is 14.3 Å². The van der Waals surface area contributed by atoms with Gasteiger partial charge in [0, 0.05) is 11.2 Å². The Morgan fingerprint density at radius 2 is 1.88 bits per heavy atom. The third kappa shape index (κ3) is 3.62. The van der Waals surface area contributed by atoms with Crippen LogP contribution in [0, 0.1) is 0 Å². The van der Waals surface area contributed by atoms with E-state index in [1.807, 2.05) is 0 Å². The lowest BCUT2D eigenvalue weighted by Gasteiger charge is -2.10. The number of carbonyl (C=O) groups excluding carboxylic acids is 1. The number of pyridine rings is 1. The lowest BCUT2D eigenvalue weighted by Crippen LogP contribution is -2.18. The number of rotatable bonds is 4. The number of halogens is 2. The van der Waals surface area contributed by atoms with Gasteiger partial charge in [0.1, 0.15) is 17.1 Å². The number of aromatic amines is 1. The van der Waals surface area contributed by atoms with Crippen molar-refractivity contribution in [1.82, 2.24) is 4.98 Å². The lowest BCUT2D eigenvalue weighted by atomic mass is 10.1. The minimum Gasteiger partial charge on any atom is -0.462 e. The van der Waals surface area contributed by atoms with Crippen LogP contribution in [0.15, 0.2) is 47.4 Å². The molecule has 0 aliphatic heterocycles. The highest BCUT2D eigenvalue weighted by Crippen LogP contribution is 2.32. The standard InChI is InChI=1S/C18H13Cl2NO4/c1-2-24-18(23)13-9-21-15-8-14(20)16(7-12(15)17(13)22)25-11-5-3-10(19)4-6-11/h3-9H,2H2,1H3,(H,21,22). The van der Waals surface area contributed by atoms with Crippen molar-refractivity contribution in [3.8, 4) is 11.5 Å². The number of hydrogen-bond acceptors (Lipinski definition) is 4. The molecule has 0 aliphatic rings. The minimum atomic E-state index is -0.680. The van der Waals surface area contributed by atoms with Crippen molar-refractivity contribution in [3.05, 3.63) is 68.4 Å². The molecule has 2 aromatic carbocycles. The lowest BCUT2D eigenvalue weighted by molar-refractivity contribution is 0.0524. The molecule has 0 bridgehead atoms. The summed E-state index contributed by atoms with van der Waals surface area (Å²) in [6, 6.07) is 9.78. The first kappa shape index (κ1) is 17.3. The molecule has 1 heterocycles. The molecule has 0 aliphatic carbocycles. The van der Waals surface area contributed by atoms with Crippen molar-refractivity contribution >= 4 is 40.1 Å². The van der Waals surface area contributed by atoms with Gasteiger partial charge >= 0.3 is 5.97 Å². The average molecular weight is 378 g/mol. The van der Waals surface area contributed by atoms with Crippen LogP contribution in [0.2, 0.25) is 10.0 Å². The van der Waals surface area contributed by atoms with Gasteiger partial charge in [0.05, 0.1) is 22.5 Å². The fourth-order valence-electron chi connectivity index (χ4n) is 2.29. The Labute approximate surface area is 153 Å². The zero-order valence-electron chi connectivity index (χ0n) is 13.1. The number of hydrogen-bond donors (Lipinski definition) is 1. The molecule has 0 saturated heterocycles. The second kappa shape index (κ2) is 7.17. The Bertz CT molecular complexity index is 996. The summed E-state index contributed by atoms with van der Waals surface area (Å²) in [4.78, 5) is 27.3. The Kier molecular flexibility index (Phi) is 4.97. The highest BCUT2D eigenvalue weighted by atomic mass is 35.5. The Balaban J connectivity index is 2.06. The van der Waals surface area contributed by atoms with Crippen molar-refractivity contribution in [2.75, 3.05) is 6.61 Å². The maximum absolute atomic E-state index is 12.6. The summed E-state index contributed by atoms with van der Waals surface area (Å²) in [5, 5.41) is 1.17. The van der Waals surface area contributed by atoms with Crippen LogP contribution in [0.3, 0.4) is 0 Å². The summed E-state index contributed by atoms with van der Waals surface area (Å²) in [7, 11) is 0.